The molecule has 0 saturated carbocycles. The van der Waals surface area contributed by atoms with Crippen molar-refractivity contribution < 1.29 is 13.9 Å². The third-order valence-corrected chi connectivity index (χ3v) is 4.05. The Morgan fingerprint density at radius 2 is 2.16 bits per heavy atom. The minimum Gasteiger partial charge on any atom is -0.385 e. The monoisotopic (exact) mass is 350 g/mol. The molecule has 0 aromatic carbocycles. The van der Waals surface area contributed by atoms with E-state index in [0.717, 1.165) is 0 Å². The summed E-state index contributed by atoms with van der Waals surface area (Å²) in [7, 11) is 0. The van der Waals surface area contributed by atoms with Crippen LogP contribution in [0.15, 0.2) is 34.2 Å². The first kappa shape index (κ1) is 15.4. The first-order chi connectivity index (χ1) is 11.8. The Morgan fingerprint density at radius 3 is 2.84 bits per heavy atom. The van der Waals surface area contributed by atoms with Crippen molar-refractivity contribution in [3.8, 4) is 11.3 Å². The number of anilines is 1. The van der Waals surface area contributed by atoms with E-state index >= 15 is 0 Å². The Kier molecular flexibility index (Phi) is 3.22. The van der Waals surface area contributed by atoms with Crippen LogP contribution in [0.5, 0.6) is 0 Å². The van der Waals surface area contributed by atoms with Gasteiger partial charge in [-0.25, -0.2) is 23.1 Å². The van der Waals surface area contributed by atoms with E-state index in [4.69, 9.17) is 0 Å². The average molecular weight is 350 g/mol. The number of aromatic amines is 2. The fourth-order valence-electron chi connectivity index (χ4n) is 2.81. The van der Waals surface area contributed by atoms with Crippen molar-refractivity contribution in [2.45, 2.75) is 12.0 Å². The van der Waals surface area contributed by atoms with Gasteiger partial charge in [-0.05, 0) is 6.07 Å². The first-order valence-corrected chi connectivity index (χ1v) is 7.33. The van der Waals surface area contributed by atoms with Gasteiger partial charge in [0.05, 0.1) is 18.7 Å². The maximum Gasteiger partial charge on any atom is 0.325 e. The Bertz CT molecular complexity index is 1070. The summed E-state index contributed by atoms with van der Waals surface area (Å²) in [4.78, 5) is 32.8. The number of hydrogen-bond acceptors (Lipinski definition) is 6. The molecule has 3 N–H and O–H groups in total. The lowest BCUT2D eigenvalue weighted by molar-refractivity contribution is -0.0712. The molecule has 25 heavy (non-hydrogen) atoms. The van der Waals surface area contributed by atoms with Gasteiger partial charge in [0.15, 0.2) is 5.82 Å². The van der Waals surface area contributed by atoms with Crippen LogP contribution in [-0.2, 0) is 0 Å². The van der Waals surface area contributed by atoms with Gasteiger partial charge in [0.2, 0.25) is 0 Å². The summed E-state index contributed by atoms with van der Waals surface area (Å²) >= 11 is 0. The van der Waals surface area contributed by atoms with E-state index in [0.29, 0.717) is 5.52 Å². The lowest BCUT2D eigenvalue weighted by Crippen LogP contribution is -2.31. The third-order valence-electron chi connectivity index (χ3n) is 4.05. The van der Waals surface area contributed by atoms with E-state index < -0.39 is 29.8 Å². The number of fused-ring (bicyclic) bond motifs is 1. The lowest BCUT2D eigenvalue weighted by Gasteiger charge is -2.16. The minimum atomic E-state index is -3.23. The Hall–Kier alpha value is -3.08. The second-order valence-corrected chi connectivity index (χ2v) is 5.75. The molecule has 9 nitrogen and oxygen atoms in total. The Morgan fingerprint density at radius 1 is 1.36 bits per heavy atom. The number of nitrogens with zero attached hydrogens (tertiary/aromatic N) is 4. The van der Waals surface area contributed by atoms with E-state index in [1.807, 2.05) is 0 Å². The number of aromatic nitrogens is 5. The highest BCUT2D eigenvalue weighted by Crippen LogP contribution is 2.32. The summed E-state index contributed by atoms with van der Waals surface area (Å²) in [5.74, 6) is -3.01. The van der Waals surface area contributed by atoms with Crippen LogP contribution >= 0.6 is 0 Å². The second kappa shape index (κ2) is 5.21. The van der Waals surface area contributed by atoms with Gasteiger partial charge in [0.25, 0.3) is 11.5 Å². The zero-order chi connectivity index (χ0) is 17.8. The van der Waals surface area contributed by atoms with Gasteiger partial charge in [-0.1, -0.05) is 0 Å². The van der Waals surface area contributed by atoms with Crippen molar-refractivity contribution in [1.82, 2.24) is 24.6 Å². The summed E-state index contributed by atoms with van der Waals surface area (Å²) in [5, 5.41) is 13.7. The van der Waals surface area contributed by atoms with Gasteiger partial charge in [0, 0.05) is 18.6 Å². The quantitative estimate of drug-likeness (QED) is 0.578. The van der Waals surface area contributed by atoms with Gasteiger partial charge >= 0.3 is 5.69 Å². The largest absolute Gasteiger partial charge is 0.385 e. The molecule has 1 aliphatic rings. The van der Waals surface area contributed by atoms with Gasteiger partial charge in [-0.2, -0.15) is 5.10 Å². The number of halogens is 2. The van der Waals surface area contributed by atoms with Gasteiger partial charge in [0.1, 0.15) is 17.3 Å². The van der Waals surface area contributed by atoms with Gasteiger partial charge in [-0.15, -0.1) is 0 Å². The zero-order valence-electron chi connectivity index (χ0n) is 12.6. The first-order valence-electron chi connectivity index (χ1n) is 7.33. The van der Waals surface area contributed by atoms with E-state index in [1.54, 1.807) is 0 Å². The molecule has 1 unspecified atom stereocenters. The van der Waals surface area contributed by atoms with Crippen LogP contribution in [0.2, 0.25) is 0 Å². The molecule has 1 atom stereocenters. The molecule has 1 saturated heterocycles. The van der Waals surface area contributed by atoms with Crippen LogP contribution in [0, 0.1) is 0 Å². The van der Waals surface area contributed by atoms with Gasteiger partial charge < -0.3 is 15.0 Å². The topological polar surface area (TPSA) is 119 Å². The van der Waals surface area contributed by atoms with E-state index in [2.05, 4.69) is 20.1 Å². The SMILES string of the molecule is O=c1[nH]cc(-c2cc3c(N4CC(O)C(F)(F)C4)nccn3n2)c(=O)[nH]1. The van der Waals surface area contributed by atoms with E-state index in [-0.39, 0.29) is 23.6 Å². The maximum atomic E-state index is 13.6. The maximum absolute atomic E-state index is 13.6. The molecule has 0 spiro atoms. The van der Waals surface area contributed by atoms with Crippen molar-refractivity contribution in [2.75, 3.05) is 18.0 Å². The van der Waals surface area contributed by atoms with Crippen LogP contribution in [-0.4, -0.2) is 54.8 Å². The Labute approximate surface area is 137 Å². The summed E-state index contributed by atoms with van der Waals surface area (Å²) in [6, 6.07) is 1.51. The van der Waals surface area contributed by atoms with Crippen molar-refractivity contribution in [2.24, 2.45) is 0 Å². The second-order valence-electron chi connectivity index (χ2n) is 5.75. The summed E-state index contributed by atoms with van der Waals surface area (Å²) < 4.78 is 28.6. The van der Waals surface area contributed by atoms with Crippen LogP contribution < -0.4 is 16.1 Å². The number of aliphatic hydroxyl groups is 1. The number of aliphatic hydroxyl groups excluding tert-OH is 1. The molecule has 4 heterocycles. The molecule has 0 aliphatic carbocycles. The molecule has 0 bridgehead atoms. The molecule has 3 aromatic heterocycles. The van der Waals surface area contributed by atoms with Crippen molar-refractivity contribution in [1.29, 1.82) is 0 Å². The molecular formula is C14H12F2N6O3. The molecule has 1 aliphatic heterocycles. The zero-order valence-corrected chi connectivity index (χ0v) is 12.6. The number of H-pyrrole nitrogens is 2. The van der Waals surface area contributed by atoms with Crippen LogP contribution in [0.3, 0.4) is 0 Å². The van der Waals surface area contributed by atoms with Crippen LogP contribution in [0.1, 0.15) is 0 Å². The highest BCUT2D eigenvalue weighted by molar-refractivity contribution is 5.75. The third kappa shape index (κ3) is 2.48. The van der Waals surface area contributed by atoms with Crippen molar-refractivity contribution in [3.05, 3.63) is 45.5 Å². The van der Waals surface area contributed by atoms with Crippen LogP contribution in [0.4, 0.5) is 14.6 Å². The molecule has 1 fully saturated rings. The fourth-order valence-corrected chi connectivity index (χ4v) is 2.81. The van der Waals surface area contributed by atoms with E-state index in [9.17, 15) is 23.5 Å². The Balaban J connectivity index is 1.82. The summed E-state index contributed by atoms with van der Waals surface area (Å²) in [5.41, 5.74) is -0.495. The molecule has 0 amide bonds. The summed E-state index contributed by atoms with van der Waals surface area (Å²) in [6.07, 6.45) is 2.34. The van der Waals surface area contributed by atoms with Crippen LogP contribution in [0.25, 0.3) is 16.8 Å². The number of alkyl halides is 2. The average Bonchev–Trinajstić information content (AvgIpc) is 3.08. The number of β-amino-alcohol motifs (C(OH)–C–C–N with tert-alkyl or cyclic N) is 1. The molecule has 4 rings (SSSR count). The molecule has 3 aromatic rings. The fraction of sp³-hybridized carbons (Fsp3) is 0.286. The highest BCUT2D eigenvalue weighted by atomic mass is 19.3. The minimum absolute atomic E-state index is 0.126. The number of hydrogen-bond donors (Lipinski definition) is 3. The smallest absolute Gasteiger partial charge is 0.325 e. The predicted molar refractivity (Wildman–Crippen MR) is 82.8 cm³/mol. The molecular weight excluding hydrogens is 338 g/mol. The normalized spacial score (nSPS) is 19.6. The molecule has 0 radical (unpaired) electrons. The summed E-state index contributed by atoms with van der Waals surface area (Å²) in [6.45, 7) is -0.931. The van der Waals surface area contributed by atoms with E-state index in [1.165, 1.54) is 34.1 Å². The molecule has 130 valence electrons. The lowest BCUT2D eigenvalue weighted by atomic mass is 10.2. The van der Waals surface area contributed by atoms with Gasteiger partial charge in [-0.3, -0.25) is 9.78 Å². The number of rotatable bonds is 2. The standard InChI is InChI=1S/C14H12F2N6O3/c15-14(16)6-21(5-10(14)23)11-9-3-8(20-22(9)2-1-17-11)7-4-18-13(25)19-12(7)24/h1-4,10,23H,5-6H2,(H2,18,19,24,25). The highest BCUT2D eigenvalue weighted by Gasteiger charge is 2.48. The van der Waals surface area contributed by atoms with Crippen molar-refractivity contribution in [3.63, 3.8) is 0 Å². The molecule has 11 heteroatoms. The van der Waals surface area contributed by atoms with Crippen molar-refractivity contribution >= 4 is 11.3 Å². The number of nitrogens with one attached hydrogen (secondary N) is 2. The predicted octanol–water partition coefficient (Wildman–Crippen LogP) is -0.411.